The fourth-order valence-corrected chi connectivity index (χ4v) is 0.814. The van der Waals surface area contributed by atoms with Gasteiger partial charge in [0.2, 0.25) is 5.88 Å². The molecule has 0 spiro atoms. The van der Waals surface area contributed by atoms with Crippen LogP contribution in [0.2, 0.25) is 0 Å². The van der Waals surface area contributed by atoms with Gasteiger partial charge in [-0.15, -0.1) is 0 Å². The van der Waals surface area contributed by atoms with Crippen LogP contribution in [0.5, 0.6) is 11.6 Å². The van der Waals surface area contributed by atoms with Gasteiger partial charge in [-0.3, -0.25) is 4.79 Å². The molecule has 0 radical (unpaired) electrons. The highest BCUT2D eigenvalue weighted by atomic mass is 16.5. The molecule has 12 heavy (non-hydrogen) atoms. The summed E-state index contributed by atoms with van der Waals surface area (Å²) in [7, 11) is 2.97. The van der Waals surface area contributed by atoms with Crippen molar-refractivity contribution in [3.05, 3.63) is 17.8 Å². The second-order valence-electron chi connectivity index (χ2n) is 2.06. The first-order valence-corrected chi connectivity index (χ1v) is 3.36. The highest BCUT2D eigenvalue weighted by Gasteiger charge is 2.04. The van der Waals surface area contributed by atoms with Crippen LogP contribution in [0.25, 0.3) is 0 Å². The van der Waals surface area contributed by atoms with Gasteiger partial charge in [-0.25, -0.2) is 4.98 Å². The average Bonchev–Trinajstić information content (AvgIpc) is 2.16. The van der Waals surface area contributed by atoms with Crippen LogP contribution >= 0.6 is 0 Å². The monoisotopic (exact) mass is 167 g/mol. The van der Waals surface area contributed by atoms with Crippen LogP contribution in [0.3, 0.4) is 0 Å². The Morgan fingerprint density at radius 3 is 2.58 bits per heavy atom. The third kappa shape index (κ3) is 1.53. The maximum atomic E-state index is 10.5. The summed E-state index contributed by atoms with van der Waals surface area (Å²) < 4.78 is 9.72. The van der Waals surface area contributed by atoms with E-state index < -0.39 is 0 Å². The first-order valence-electron chi connectivity index (χ1n) is 3.36. The van der Waals surface area contributed by atoms with Crippen molar-refractivity contribution in [1.29, 1.82) is 0 Å². The molecule has 64 valence electrons. The zero-order valence-electron chi connectivity index (χ0n) is 6.90. The van der Waals surface area contributed by atoms with Gasteiger partial charge in [0.15, 0.2) is 6.29 Å². The van der Waals surface area contributed by atoms with Gasteiger partial charge >= 0.3 is 0 Å². The highest BCUT2D eigenvalue weighted by molar-refractivity contribution is 5.76. The maximum Gasteiger partial charge on any atom is 0.213 e. The first kappa shape index (κ1) is 8.52. The van der Waals surface area contributed by atoms with Crippen LogP contribution in [-0.2, 0) is 0 Å². The molecule has 0 amide bonds. The van der Waals surface area contributed by atoms with Crippen molar-refractivity contribution < 1.29 is 14.3 Å². The lowest BCUT2D eigenvalue weighted by Gasteiger charge is -2.03. The molecule has 1 aromatic heterocycles. The Bertz CT molecular complexity index is 286. The lowest BCUT2D eigenvalue weighted by atomic mass is 10.3. The van der Waals surface area contributed by atoms with Crippen LogP contribution < -0.4 is 9.47 Å². The van der Waals surface area contributed by atoms with Crippen LogP contribution in [0.15, 0.2) is 12.1 Å². The van der Waals surface area contributed by atoms with Crippen LogP contribution in [0.1, 0.15) is 10.5 Å². The summed E-state index contributed by atoms with van der Waals surface area (Å²) in [6.07, 6.45) is 0.626. The molecule has 4 nitrogen and oxygen atoms in total. The SMILES string of the molecule is COc1ccc(OC)c(C=O)n1. The smallest absolute Gasteiger partial charge is 0.213 e. The van der Waals surface area contributed by atoms with Gasteiger partial charge in [-0.2, -0.15) is 0 Å². The first-order chi connectivity index (χ1) is 5.81. The van der Waals surface area contributed by atoms with E-state index in [0.29, 0.717) is 17.9 Å². The summed E-state index contributed by atoms with van der Waals surface area (Å²) in [5.41, 5.74) is 0.247. The molecular formula is C8H9NO3. The molecule has 0 N–H and O–H groups in total. The molecule has 4 heteroatoms. The number of aromatic nitrogens is 1. The zero-order valence-corrected chi connectivity index (χ0v) is 6.90. The minimum absolute atomic E-state index is 0.247. The lowest BCUT2D eigenvalue weighted by molar-refractivity contribution is 0.111. The van der Waals surface area contributed by atoms with Crippen molar-refractivity contribution in [1.82, 2.24) is 4.98 Å². The molecule has 0 aliphatic rings. The van der Waals surface area contributed by atoms with Gasteiger partial charge in [-0.1, -0.05) is 0 Å². The minimum Gasteiger partial charge on any atom is -0.494 e. The van der Waals surface area contributed by atoms with Crippen LogP contribution in [0, 0.1) is 0 Å². The van der Waals surface area contributed by atoms with Crippen molar-refractivity contribution in [2.45, 2.75) is 0 Å². The predicted molar refractivity (Wildman–Crippen MR) is 42.7 cm³/mol. The van der Waals surface area contributed by atoms with Crippen molar-refractivity contribution >= 4 is 6.29 Å². The summed E-state index contributed by atoms with van der Waals surface area (Å²) in [5.74, 6) is 0.851. The van der Waals surface area contributed by atoms with Crippen molar-refractivity contribution in [3.63, 3.8) is 0 Å². The van der Waals surface area contributed by atoms with Gasteiger partial charge in [-0.05, 0) is 6.07 Å². The van der Waals surface area contributed by atoms with E-state index >= 15 is 0 Å². The molecule has 0 saturated heterocycles. The Kier molecular flexibility index (Phi) is 2.63. The van der Waals surface area contributed by atoms with Crippen molar-refractivity contribution in [2.24, 2.45) is 0 Å². The normalized spacial score (nSPS) is 9.17. The fourth-order valence-electron chi connectivity index (χ4n) is 0.814. The molecule has 1 heterocycles. The third-order valence-electron chi connectivity index (χ3n) is 1.40. The molecule has 0 bridgehead atoms. The number of carbonyl (C=O) groups excluding carboxylic acids is 1. The van der Waals surface area contributed by atoms with Gasteiger partial charge in [0.1, 0.15) is 11.4 Å². The number of pyridine rings is 1. The van der Waals surface area contributed by atoms with Crippen molar-refractivity contribution in [2.75, 3.05) is 14.2 Å². The van der Waals surface area contributed by atoms with E-state index in [9.17, 15) is 4.79 Å². The second-order valence-corrected chi connectivity index (χ2v) is 2.06. The molecule has 0 aliphatic carbocycles. The molecule has 0 fully saturated rings. The van der Waals surface area contributed by atoms with Crippen LogP contribution in [-0.4, -0.2) is 25.5 Å². The largest absolute Gasteiger partial charge is 0.494 e. The van der Waals surface area contributed by atoms with E-state index in [0.717, 1.165) is 0 Å². The summed E-state index contributed by atoms with van der Waals surface area (Å²) in [5, 5.41) is 0. The topological polar surface area (TPSA) is 48.4 Å². The third-order valence-corrected chi connectivity index (χ3v) is 1.40. The van der Waals surface area contributed by atoms with E-state index in [1.165, 1.54) is 14.2 Å². The molecular weight excluding hydrogens is 158 g/mol. The second kappa shape index (κ2) is 3.71. The predicted octanol–water partition coefficient (Wildman–Crippen LogP) is 0.911. The van der Waals surface area contributed by atoms with Gasteiger partial charge in [0, 0.05) is 6.07 Å². The number of ether oxygens (including phenoxy) is 2. The summed E-state index contributed by atoms with van der Waals surface area (Å²) in [6.45, 7) is 0. The number of carbonyl (C=O) groups is 1. The number of methoxy groups -OCH3 is 2. The molecule has 1 rings (SSSR count). The summed E-state index contributed by atoms with van der Waals surface area (Å²) in [6, 6.07) is 3.27. The van der Waals surface area contributed by atoms with Gasteiger partial charge in [0.25, 0.3) is 0 Å². The number of rotatable bonds is 3. The van der Waals surface area contributed by atoms with Crippen molar-refractivity contribution in [3.8, 4) is 11.6 Å². The number of aldehydes is 1. The molecule has 1 aromatic rings. The molecule has 0 unspecified atom stereocenters. The molecule has 0 saturated carbocycles. The molecule has 0 aromatic carbocycles. The van der Waals surface area contributed by atoms with E-state index in [-0.39, 0.29) is 5.69 Å². The standard InChI is InChI=1S/C8H9NO3/c1-11-7-3-4-8(12-2)9-6(7)5-10/h3-5H,1-2H3. The highest BCUT2D eigenvalue weighted by Crippen LogP contribution is 2.17. The average molecular weight is 167 g/mol. The van der Waals surface area contributed by atoms with Gasteiger partial charge < -0.3 is 9.47 Å². The summed E-state index contributed by atoms with van der Waals surface area (Å²) in [4.78, 5) is 14.3. The maximum absolute atomic E-state index is 10.5. The fraction of sp³-hybridized carbons (Fsp3) is 0.250. The Morgan fingerprint density at radius 1 is 1.33 bits per heavy atom. The van der Waals surface area contributed by atoms with E-state index in [1.54, 1.807) is 12.1 Å². The lowest BCUT2D eigenvalue weighted by Crippen LogP contribution is -1.96. The number of hydrogen-bond donors (Lipinski definition) is 0. The minimum atomic E-state index is 0.247. The van der Waals surface area contributed by atoms with E-state index in [4.69, 9.17) is 9.47 Å². The number of hydrogen-bond acceptors (Lipinski definition) is 4. The number of nitrogens with zero attached hydrogens (tertiary/aromatic N) is 1. The summed E-state index contributed by atoms with van der Waals surface area (Å²) >= 11 is 0. The quantitative estimate of drug-likeness (QED) is 0.628. The Morgan fingerprint density at radius 2 is 2.08 bits per heavy atom. The van der Waals surface area contributed by atoms with E-state index in [2.05, 4.69) is 4.98 Å². The molecule has 0 atom stereocenters. The Balaban J connectivity index is 3.10. The van der Waals surface area contributed by atoms with E-state index in [1.807, 2.05) is 0 Å². The van der Waals surface area contributed by atoms with Crippen LogP contribution in [0.4, 0.5) is 0 Å². The van der Waals surface area contributed by atoms with Gasteiger partial charge in [0.05, 0.1) is 14.2 Å². The Labute approximate surface area is 70.1 Å². The zero-order chi connectivity index (χ0) is 8.97. The molecule has 0 aliphatic heterocycles. The Hall–Kier alpha value is -1.58.